The predicted molar refractivity (Wildman–Crippen MR) is 117 cm³/mol. The van der Waals surface area contributed by atoms with Crippen LogP contribution >= 0.6 is 0 Å². The van der Waals surface area contributed by atoms with Gasteiger partial charge in [0.05, 0.1) is 12.7 Å². The Morgan fingerprint density at radius 2 is 1.79 bits per heavy atom. The molecule has 1 saturated heterocycles. The van der Waals surface area contributed by atoms with Crippen LogP contribution in [0.25, 0.3) is 11.1 Å². The summed E-state index contributed by atoms with van der Waals surface area (Å²) in [6, 6.07) is 5.70. The Bertz CT molecular complexity index is 967. The topological polar surface area (TPSA) is 51.5 Å². The van der Waals surface area contributed by atoms with E-state index in [4.69, 9.17) is 4.74 Å². The largest absolute Gasteiger partial charge is 0.496 e. The zero-order chi connectivity index (χ0) is 21.3. The number of carbonyl (C=O) groups excluding carboxylic acids is 1. The summed E-state index contributed by atoms with van der Waals surface area (Å²) in [4.78, 5) is 27.2. The van der Waals surface area contributed by atoms with E-state index in [1.54, 1.807) is 18.7 Å². The van der Waals surface area contributed by atoms with Crippen LogP contribution in [0.2, 0.25) is 0 Å². The number of rotatable bonds is 4. The summed E-state index contributed by atoms with van der Waals surface area (Å²) in [5, 5.41) is 0. The average molecular weight is 397 g/mol. The maximum Gasteiger partial charge on any atom is 0.257 e. The van der Waals surface area contributed by atoms with Crippen LogP contribution in [-0.4, -0.2) is 35.6 Å². The number of likely N-dealkylation sites (tertiary alicyclic amines) is 1. The molecule has 0 unspecified atom stereocenters. The Kier molecular flexibility index (Phi) is 6.15. The molecule has 5 nitrogen and oxygen atoms in total. The zero-order valence-corrected chi connectivity index (χ0v) is 18.4. The first-order valence-electron chi connectivity index (χ1n) is 10.4. The molecule has 1 aromatic carbocycles. The minimum absolute atomic E-state index is 0.00909. The van der Waals surface area contributed by atoms with Crippen LogP contribution in [0, 0.1) is 25.7 Å². The van der Waals surface area contributed by atoms with Crippen molar-refractivity contribution in [3.05, 3.63) is 51.4 Å². The normalized spacial score (nSPS) is 15.1. The van der Waals surface area contributed by atoms with Crippen LogP contribution in [0.3, 0.4) is 0 Å². The Morgan fingerprint density at radius 1 is 1.14 bits per heavy atom. The van der Waals surface area contributed by atoms with Crippen LogP contribution in [0.15, 0.2) is 29.2 Å². The number of aromatic nitrogens is 1. The van der Waals surface area contributed by atoms with Gasteiger partial charge in [-0.25, -0.2) is 0 Å². The highest BCUT2D eigenvalue weighted by atomic mass is 16.5. The summed E-state index contributed by atoms with van der Waals surface area (Å²) in [5.41, 5.74) is 4.20. The summed E-state index contributed by atoms with van der Waals surface area (Å²) >= 11 is 0. The number of piperidine rings is 1. The molecule has 1 fully saturated rings. The number of aryl methyl sites for hydroxylation is 1. The smallest absolute Gasteiger partial charge is 0.257 e. The van der Waals surface area contributed by atoms with Gasteiger partial charge in [0.2, 0.25) is 0 Å². The van der Waals surface area contributed by atoms with Crippen molar-refractivity contribution in [1.82, 2.24) is 9.47 Å². The van der Waals surface area contributed by atoms with Crippen molar-refractivity contribution >= 4 is 5.91 Å². The summed E-state index contributed by atoms with van der Waals surface area (Å²) < 4.78 is 7.19. The fourth-order valence-corrected chi connectivity index (χ4v) is 4.24. The van der Waals surface area contributed by atoms with Crippen molar-refractivity contribution in [2.75, 3.05) is 20.2 Å². The number of ether oxygens (including phenoxy) is 1. The fourth-order valence-electron chi connectivity index (χ4n) is 4.24. The van der Waals surface area contributed by atoms with E-state index in [9.17, 15) is 9.59 Å². The molecule has 1 aliphatic rings. The minimum atomic E-state index is 0.00909. The summed E-state index contributed by atoms with van der Waals surface area (Å²) in [6.07, 6.45) is 3.96. The highest BCUT2D eigenvalue weighted by molar-refractivity contribution is 5.97. The van der Waals surface area contributed by atoms with Crippen LogP contribution in [0.4, 0.5) is 0 Å². The van der Waals surface area contributed by atoms with E-state index in [1.807, 2.05) is 43.1 Å². The molecular weight excluding hydrogens is 364 g/mol. The second kappa shape index (κ2) is 8.44. The molecule has 156 valence electrons. The second-order valence-electron chi connectivity index (χ2n) is 8.50. The molecular formula is C24H32N2O3. The van der Waals surface area contributed by atoms with Crippen LogP contribution < -0.4 is 10.3 Å². The lowest BCUT2D eigenvalue weighted by Gasteiger charge is -2.34. The van der Waals surface area contributed by atoms with Crippen molar-refractivity contribution in [2.24, 2.45) is 18.9 Å². The van der Waals surface area contributed by atoms with E-state index in [0.717, 1.165) is 48.2 Å². The number of hydrogen-bond donors (Lipinski definition) is 0. The van der Waals surface area contributed by atoms with E-state index in [-0.39, 0.29) is 11.5 Å². The lowest BCUT2D eigenvalue weighted by molar-refractivity contribution is 0.0664. The number of methoxy groups -OCH3 is 1. The first-order chi connectivity index (χ1) is 13.7. The van der Waals surface area contributed by atoms with Crippen LogP contribution in [0.1, 0.15) is 48.2 Å². The third-order valence-corrected chi connectivity index (χ3v) is 6.44. The third-order valence-electron chi connectivity index (χ3n) is 6.44. The van der Waals surface area contributed by atoms with Gasteiger partial charge in [-0.1, -0.05) is 19.9 Å². The number of amides is 1. The van der Waals surface area contributed by atoms with Gasteiger partial charge in [-0.15, -0.1) is 0 Å². The molecule has 0 atom stereocenters. The van der Waals surface area contributed by atoms with Gasteiger partial charge in [0.1, 0.15) is 5.75 Å². The molecule has 2 heterocycles. The quantitative estimate of drug-likeness (QED) is 0.779. The van der Waals surface area contributed by atoms with Crippen LogP contribution in [0.5, 0.6) is 5.75 Å². The van der Waals surface area contributed by atoms with Gasteiger partial charge >= 0.3 is 0 Å². The standard InChI is InChI=1S/C24H32N2O3/c1-15(2)18-9-11-26(12-10-18)24(28)20-8-7-19(13-22(20)29-6)21-14-25(5)23(27)17(4)16(21)3/h7-8,13-15,18H,9-12H2,1-6H3. The van der Waals surface area contributed by atoms with Gasteiger partial charge in [0.25, 0.3) is 11.5 Å². The molecule has 1 amide bonds. The third kappa shape index (κ3) is 4.09. The molecule has 5 heteroatoms. The second-order valence-corrected chi connectivity index (χ2v) is 8.50. The molecule has 29 heavy (non-hydrogen) atoms. The number of carbonyl (C=O) groups is 1. The van der Waals surface area contributed by atoms with Gasteiger partial charge in [-0.2, -0.15) is 0 Å². The maximum absolute atomic E-state index is 13.1. The van der Waals surface area contributed by atoms with Gasteiger partial charge in [-0.05, 0) is 61.8 Å². The van der Waals surface area contributed by atoms with Crippen molar-refractivity contribution in [2.45, 2.75) is 40.5 Å². The summed E-state index contributed by atoms with van der Waals surface area (Å²) in [7, 11) is 3.36. The highest BCUT2D eigenvalue weighted by Crippen LogP contribution is 2.32. The molecule has 0 spiro atoms. The number of benzene rings is 1. The number of pyridine rings is 1. The molecule has 1 aliphatic heterocycles. The summed E-state index contributed by atoms with van der Waals surface area (Å²) in [5.74, 6) is 1.96. The Labute approximate surface area is 173 Å². The van der Waals surface area contributed by atoms with E-state index < -0.39 is 0 Å². The minimum Gasteiger partial charge on any atom is -0.496 e. The van der Waals surface area contributed by atoms with E-state index in [2.05, 4.69) is 13.8 Å². The first kappa shape index (κ1) is 21.2. The van der Waals surface area contributed by atoms with Crippen molar-refractivity contribution in [3.8, 4) is 16.9 Å². The lowest BCUT2D eigenvalue weighted by atomic mass is 9.86. The van der Waals surface area contributed by atoms with Crippen molar-refractivity contribution in [3.63, 3.8) is 0 Å². The van der Waals surface area contributed by atoms with E-state index in [0.29, 0.717) is 23.1 Å². The molecule has 0 bridgehead atoms. The van der Waals surface area contributed by atoms with E-state index >= 15 is 0 Å². The molecule has 0 saturated carbocycles. The summed E-state index contributed by atoms with van der Waals surface area (Å²) in [6.45, 7) is 9.91. The molecule has 0 N–H and O–H groups in total. The fraction of sp³-hybridized carbons (Fsp3) is 0.500. The molecule has 3 rings (SSSR count). The SMILES string of the molecule is COc1cc(-c2cn(C)c(=O)c(C)c2C)ccc1C(=O)N1CCC(C(C)C)CC1. The number of nitrogens with zero attached hydrogens (tertiary/aromatic N) is 2. The Balaban J connectivity index is 1.91. The van der Waals surface area contributed by atoms with Crippen molar-refractivity contribution < 1.29 is 9.53 Å². The average Bonchev–Trinajstić information content (AvgIpc) is 2.73. The predicted octanol–water partition coefficient (Wildman–Crippen LogP) is 4.19. The Hall–Kier alpha value is -2.56. The van der Waals surface area contributed by atoms with Gasteiger partial charge in [0, 0.05) is 37.5 Å². The van der Waals surface area contributed by atoms with Crippen molar-refractivity contribution in [1.29, 1.82) is 0 Å². The van der Waals surface area contributed by atoms with Gasteiger partial charge < -0.3 is 14.2 Å². The highest BCUT2D eigenvalue weighted by Gasteiger charge is 2.27. The van der Waals surface area contributed by atoms with E-state index in [1.165, 1.54) is 0 Å². The van der Waals surface area contributed by atoms with Gasteiger partial charge in [-0.3, -0.25) is 9.59 Å². The number of hydrogen-bond acceptors (Lipinski definition) is 3. The lowest BCUT2D eigenvalue weighted by Crippen LogP contribution is -2.39. The zero-order valence-electron chi connectivity index (χ0n) is 18.4. The molecule has 2 aromatic rings. The molecule has 1 aromatic heterocycles. The van der Waals surface area contributed by atoms with Gasteiger partial charge in [0.15, 0.2) is 0 Å². The molecule has 0 aliphatic carbocycles. The monoisotopic (exact) mass is 396 g/mol. The van der Waals surface area contributed by atoms with Crippen LogP contribution in [-0.2, 0) is 7.05 Å². The first-order valence-corrected chi connectivity index (χ1v) is 10.4. The molecule has 0 radical (unpaired) electrons. The maximum atomic E-state index is 13.1. The Morgan fingerprint density at radius 3 is 2.38 bits per heavy atom.